The zero-order valence-electron chi connectivity index (χ0n) is 22.6. The van der Waals surface area contributed by atoms with Gasteiger partial charge in [-0.15, -0.1) is 0 Å². The van der Waals surface area contributed by atoms with Gasteiger partial charge in [0.15, 0.2) is 0 Å². The Morgan fingerprint density at radius 3 is 2.53 bits per heavy atom. The standard InChI is InChI=1S/C30H48O4/c1-19(9-8-10-20(2)26(32)34-33)21-13-17-30(7)23-11-12-24-27(3,4)25(31)15-16-28(24,5)22(23)14-18-29(21,30)6/h10-11,19,21-22,24-25,31,33H,8-9,12-18H2,1-7H3/b20-10-/t19?,21-,22?,24?,25?,28+,29-,30+/m0/s1. The number of aliphatic hydroxyl groups is 1. The highest BCUT2D eigenvalue weighted by molar-refractivity contribution is 5.87. The van der Waals surface area contributed by atoms with Crippen LogP contribution in [0.2, 0.25) is 0 Å². The third kappa shape index (κ3) is 3.65. The van der Waals surface area contributed by atoms with E-state index in [-0.39, 0.29) is 16.9 Å². The maximum atomic E-state index is 11.5. The lowest BCUT2D eigenvalue weighted by Crippen LogP contribution is -2.58. The summed E-state index contributed by atoms with van der Waals surface area (Å²) in [5, 5.41) is 19.4. The van der Waals surface area contributed by atoms with E-state index in [0.29, 0.717) is 40.1 Å². The largest absolute Gasteiger partial charge is 0.393 e. The van der Waals surface area contributed by atoms with Crippen molar-refractivity contribution in [2.24, 2.45) is 45.3 Å². The first-order valence-corrected chi connectivity index (χ1v) is 13.7. The Bertz CT molecular complexity index is 871. The van der Waals surface area contributed by atoms with Gasteiger partial charge < -0.3 is 5.11 Å². The predicted octanol–water partition coefficient (Wildman–Crippen LogP) is 7.33. The Hall–Kier alpha value is -1.13. The second-order valence-corrected chi connectivity index (χ2v) is 13.6. The maximum Gasteiger partial charge on any atom is 0.368 e. The van der Waals surface area contributed by atoms with Crippen LogP contribution in [0.1, 0.15) is 106 Å². The van der Waals surface area contributed by atoms with Crippen LogP contribution in [0, 0.1) is 45.3 Å². The van der Waals surface area contributed by atoms with Crippen molar-refractivity contribution in [1.82, 2.24) is 0 Å². The van der Waals surface area contributed by atoms with Gasteiger partial charge in [-0.05, 0) is 110 Å². The molecule has 0 spiro atoms. The molecule has 8 atom stereocenters. The fourth-order valence-corrected chi connectivity index (χ4v) is 9.57. The molecule has 34 heavy (non-hydrogen) atoms. The van der Waals surface area contributed by atoms with Gasteiger partial charge >= 0.3 is 5.97 Å². The van der Waals surface area contributed by atoms with Crippen LogP contribution in [0.4, 0.5) is 0 Å². The second-order valence-electron chi connectivity index (χ2n) is 13.6. The van der Waals surface area contributed by atoms with E-state index < -0.39 is 5.97 Å². The number of fused-ring (bicyclic) bond motifs is 5. The Kier molecular flexibility index (Phi) is 6.69. The highest BCUT2D eigenvalue weighted by Crippen LogP contribution is 2.73. The summed E-state index contributed by atoms with van der Waals surface area (Å²) in [7, 11) is 0. The maximum absolute atomic E-state index is 11.5. The lowest BCUT2D eigenvalue weighted by atomic mass is 9.41. The van der Waals surface area contributed by atoms with Crippen LogP contribution in [-0.4, -0.2) is 22.4 Å². The highest BCUT2D eigenvalue weighted by Gasteiger charge is 2.65. The van der Waals surface area contributed by atoms with Gasteiger partial charge in [-0.2, -0.15) is 5.26 Å². The normalized spacial score (nSPS) is 44.4. The van der Waals surface area contributed by atoms with Crippen LogP contribution in [0.5, 0.6) is 0 Å². The van der Waals surface area contributed by atoms with Crippen molar-refractivity contribution in [1.29, 1.82) is 0 Å². The average Bonchev–Trinajstić information content (AvgIpc) is 3.07. The third-order valence-electron chi connectivity index (χ3n) is 12.0. The molecule has 4 nitrogen and oxygen atoms in total. The molecule has 0 heterocycles. The van der Waals surface area contributed by atoms with Gasteiger partial charge in [0.1, 0.15) is 0 Å². The topological polar surface area (TPSA) is 66.8 Å². The van der Waals surface area contributed by atoms with Gasteiger partial charge in [0, 0.05) is 5.57 Å². The summed E-state index contributed by atoms with van der Waals surface area (Å²) in [6.45, 7) is 16.4. The van der Waals surface area contributed by atoms with E-state index in [1.165, 1.54) is 25.7 Å². The average molecular weight is 473 g/mol. The molecule has 2 N–H and O–H groups in total. The molecule has 0 aliphatic heterocycles. The number of hydrogen-bond donors (Lipinski definition) is 2. The molecule has 3 saturated carbocycles. The molecule has 0 radical (unpaired) electrons. The summed E-state index contributed by atoms with van der Waals surface area (Å²) in [5.74, 6) is 1.84. The minimum Gasteiger partial charge on any atom is -0.393 e. The van der Waals surface area contributed by atoms with Crippen LogP contribution in [0.3, 0.4) is 0 Å². The zero-order valence-corrected chi connectivity index (χ0v) is 22.6. The van der Waals surface area contributed by atoms with E-state index in [9.17, 15) is 9.90 Å². The molecule has 4 aliphatic rings. The molecule has 4 unspecified atom stereocenters. The van der Waals surface area contributed by atoms with Crippen molar-refractivity contribution in [3.05, 3.63) is 23.3 Å². The lowest BCUT2D eigenvalue weighted by Gasteiger charge is -2.64. The van der Waals surface area contributed by atoms with Crippen molar-refractivity contribution in [3.8, 4) is 0 Å². The smallest absolute Gasteiger partial charge is 0.368 e. The number of aliphatic hydroxyl groups excluding tert-OH is 1. The van der Waals surface area contributed by atoms with Gasteiger partial charge in [-0.1, -0.05) is 59.3 Å². The number of carbonyl (C=O) groups is 1. The molecule has 4 aliphatic carbocycles. The Labute approximate surface area is 207 Å². The first-order chi connectivity index (χ1) is 15.8. The molecule has 0 saturated heterocycles. The van der Waals surface area contributed by atoms with E-state index in [0.717, 1.165) is 32.1 Å². The first kappa shape index (κ1) is 25.9. The third-order valence-corrected chi connectivity index (χ3v) is 12.0. The quantitative estimate of drug-likeness (QED) is 0.190. The zero-order chi connectivity index (χ0) is 25.1. The molecule has 4 rings (SSSR count). The minimum absolute atomic E-state index is 0.0164. The minimum atomic E-state index is -0.652. The van der Waals surface area contributed by atoms with Crippen molar-refractivity contribution >= 4 is 5.97 Å². The van der Waals surface area contributed by atoms with E-state index in [4.69, 9.17) is 5.26 Å². The van der Waals surface area contributed by atoms with E-state index in [1.807, 2.05) is 6.08 Å². The molecule has 4 heteroatoms. The van der Waals surface area contributed by atoms with E-state index in [1.54, 1.807) is 12.5 Å². The molecule has 0 bridgehead atoms. The summed E-state index contributed by atoms with van der Waals surface area (Å²) in [5.41, 5.74) is 3.08. The molecule has 0 amide bonds. The molecule has 0 aromatic rings. The van der Waals surface area contributed by atoms with Crippen LogP contribution < -0.4 is 0 Å². The van der Waals surface area contributed by atoms with E-state index in [2.05, 4.69) is 52.5 Å². The SMILES string of the molecule is C/C(=C/CCC(C)[C@@H]1CC[C@]2(C)C3=CCC4C(C)(C)C(O)CC[C@]4(C)C3CC[C@@]12C)C(=O)OO. The Morgan fingerprint density at radius 2 is 1.85 bits per heavy atom. The number of rotatable bonds is 5. The van der Waals surface area contributed by atoms with Crippen LogP contribution >= 0.6 is 0 Å². The predicted molar refractivity (Wildman–Crippen MR) is 136 cm³/mol. The van der Waals surface area contributed by atoms with Gasteiger partial charge in [-0.25, -0.2) is 4.79 Å². The molecule has 3 fully saturated rings. The van der Waals surface area contributed by atoms with Crippen LogP contribution in [0.25, 0.3) is 0 Å². The van der Waals surface area contributed by atoms with Gasteiger partial charge in [0.05, 0.1) is 6.10 Å². The number of carbonyl (C=O) groups excluding carboxylic acids is 1. The summed E-state index contributed by atoms with van der Waals surface area (Å²) in [4.78, 5) is 15.3. The van der Waals surface area contributed by atoms with Gasteiger partial charge in [0.25, 0.3) is 0 Å². The van der Waals surface area contributed by atoms with Crippen LogP contribution in [-0.2, 0) is 9.68 Å². The Balaban J connectivity index is 1.56. The van der Waals surface area contributed by atoms with Crippen molar-refractivity contribution in [2.45, 2.75) is 112 Å². The van der Waals surface area contributed by atoms with Gasteiger partial charge in [0.2, 0.25) is 0 Å². The van der Waals surface area contributed by atoms with Crippen molar-refractivity contribution in [3.63, 3.8) is 0 Å². The summed E-state index contributed by atoms with van der Waals surface area (Å²) in [6, 6.07) is 0. The van der Waals surface area contributed by atoms with Gasteiger partial charge in [-0.3, -0.25) is 4.89 Å². The van der Waals surface area contributed by atoms with Crippen molar-refractivity contribution < 1.29 is 20.0 Å². The first-order valence-electron chi connectivity index (χ1n) is 13.7. The summed E-state index contributed by atoms with van der Waals surface area (Å²) >= 11 is 0. The lowest BCUT2D eigenvalue weighted by molar-refractivity contribution is -0.229. The summed E-state index contributed by atoms with van der Waals surface area (Å²) < 4.78 is 0. The van der Waals surface area contributed by atoms with Crippen molar-refractivity contribution in [2.75, 3.05) is 0 Å². The monoisotopic (exact) mass is 472 g/mol. The van der Waals surface area contributed by atoms with Crippen LogP contribution in [0.15, 0.2) is 23.3 Å². The molecular weight excluding hydrogens is 424 g/mol. The molecule has 0 aromatic carbocycles. The summed E-state index contributed by atoms with van der Waals surface area (Å²) in [6.07, 6.45) is 14.6. The highest BCUT2D eigenvalue weighted by atomic mass is 17.1. The number of hydrogen-bond acceptors (Lipinski definition) is 4. The number of allylic oxidation sites excluding steroid dienone is 3. The fourth-order valence-electron chi connectivity index (χ4n) is 9.57. The fraction of sp³-hybridized carbons (Fsp3) is 0.833. The van der Waals surface area contributed by atoms with E-state index >= 15 is 0 Å². The second kappa shape index (κ2) is 8.76. The Morgan fingerprint density at radius 1 is 1.15 bits per heavy atom. The molecule has 0 aromatic heterocycles. The molecular formula is C30H48O4. The molecule has 192 valence electrons.